The molecule has 1 aliphatic carbocycles. The number of nitrogens with zero attached hydrogens (tertiary/aromatic N) is 2. The number of hydrazone groups is 1. The molecular formula is C19H25N5S. The summed E-state index contributed by atoms with van der Waals surface area (Å²) in [5.41, 5.74) is 14.4. The van der Waals surface area contributed by atoms with Gasteiger partial charge in [0.2, 0.25) is 0 Å². The lowest BCUT2D eigenvalue weighted by atomic mass is 9.93. The Hall–Kier alpha value is -1.92. The number of hydrogen-bond acceptors (Lipinski definition) is 3. The molecule has 0 radical (unpaired) electrons. The van der Waals surface area contributed by atoms with Crippen LogP contribution in [-0.2, 0) is 13.0 Å². The summed E-state index contributed by atoms with van der Waals surface area (Å²) in [5, 5.41) is 5.94. The van der Waals surface area contributed by atoms with E-state index in [9.17, 15) is 0 Å². The van der Waals surface area contributed by atoms with Gasteiger partial charge in [-0.3, -0.25) is 10.3 Å². The van der Waals surface area contributed by atoms with Crippen molar-refractivity contribution in [2.24, 2.45) is 10.8 Å². The zero-order valence-electron chi connectivity index (χ0n) is 14.5. The van der Waals surface area contributed by atoms with Gasteiger partial charge in [0.25, 0.3) is 0 Å². The highest BCUT2D eigenvalue weighted by Gasteiger charge is 2.21. The van der Waals surface area contributed by atoms with Gasteiger partial charge >= 0.3 is 0 Å². The van der Waals surface area contributed by atoms with E-state index in [0.29, 0.717) is 0 Å². The molecule has 2 heterocycles. The molecule has 5 nitrogen and oxygen atoms in total. The number of nitrogens with one attached hydrogen (secondary N) is 2. The second-order valence-corrected chi connectivity index (χ2v) is 7.52. The maximum atomic E-state index is 5.51. The summed E-state index contributed by atoms with van der Waals surface area (Å²) in [7, 11) is 0. The van der Waals surface area contributed by atoms with E-state index in [2.05, 4.69) is 38.6 Å². The van der Waals surface area contributed by atoms with Crippen LogP contribution in [0, 0.1) is 0 Å². The highest BCUT2D eigenvalue weighted by Crippen LogP contribution is 2.30. The first-order chi connectivity index (χ1) is 12.2. The Morgan fingerprint density at radius 3 is 2.84 bits per heavy atom. The first-order valence-electron chi connectivity index (χ1n) is 9.19. The predicted molar refractivity (Wildman–Crippen MR) is 107 cm³/mol. The zero-order valence-corrected chi connectivity index (χ0v) is 15.3. The molecule has 2 aromatic rings. The Morgan fingerprint density at radius 2 is 2.04 bits per heavy atom. The Morgan fingerprint density at radius 1 is 1.20 bits per heavy atom. The van der Waals surface area contributed by atoms with Crippen molar-refractivity contribution in [1.82, 2.24) is 15.3 Å². The fraction of sp³-hybridized carbons (Fsp3) is 0.474. The van der Waals surface area contributed by atoms with Crippen LogP contribution in [0.15, 0.2) is 23.3 Å². The van der Waals surface area contributed by atoms with Gasteiger partial charge in [-0.25, -0.2) is 0 Å². The van der Waals surface area contributed by atoms with E-state index in [-0.39, 0.29) is 5.11 Å². The molecule has 0 unspecified atom stereocenters. The molecule has 1 aromatic heterocycles. The average molecular weight is 356 g/mol. The topological polar surface area (TPSA) is 69.4 Å². The van der Waals surface area contributed by atoms with E-state index in [1.54, 1.807) is 0 Å². The minimum absolute atomic E-state index is 0.208. The van der Waals surface area contributed by atoms with Crippen LogP contribution in [-0.4, -0.2) is 33.8 Å². The second kappa shape index (κ2) is 7.14. The van der Waals surface area contributed by atoms with Gasteiger partial charge in [0.1, 0.15) is 0 Å². The molecule has 6 heteroatoms. The van der Waals surface area contributed by atoms with Gasteiger partial charge in [0, 0.05) is 17.4 Å². The summed E-state index contributed by atoms with van der Waals surface area (Å²) >= 11 is 4.87. The second-order valence-electron chi connectivity index (χ2n) is 7.08. The third-order valence-corrected chi connectivity index (χ3v) is 5.35. The quantitative estimate of drug-likeness (QED) is 0.585. The van der Waals surface area contributed by atoms with Crippen molar-refractivity contribution in [2.45, 2.75) is 45.1 Å². The SMILES string of the molecule is NC(=S)N/N=C1\CCCc2c1[nH]c1ccc(CN3CCCCC3)cc21. The van der Waals surface area contributed by atoms with Crippen molar-refractivity contribution < 1.29 is 0 Å². The predicted octanol–water partition coefficient (Wildman–Crippen LogP) is 3.03. The number of likely N-dealkylation sites (tertiary alicyclic amines) is 1. The lowest BCUT2D eigenvalue weighted by Gasteiger charge is -2.26. The highest BCUT2D eigenvalue weighted by molar-refractivity contribution is 7.80. The molecule has 4 N–H and O–H groups in total. The zero-order chi connectivity index (χ0) is 17.2. The molecule has 0 saturated carbocycles. The fourth-order valence-corrected chi connectivity index (χ4v) is 4.11. The van der Waals surface area contributed by atoms with E-state index < -0.39 is 0 Å². The van der Waals surface area contributed by atoms with Gasteiger partial charge in [-0.1, -0.05) is 12.5 Å². The summed E-state index contributed by atoms with van der Waals surface area (Å²) in [6, 6.07) is 6.83. The summed E-state index contributed by atoms with van der Waals surface area (Å²) in [5.74, 6) is 0. The standard InChI is InChI=1S/C19H25N5S/c20-19(25)23-22-17-6-4-5-14-15-11-13(7-8-16(15)21-18(14)17)12-24-9-2-1-3-10-24/h7-8,11,21H,1-6,9-10,12H2,(H3,20,23,25)/b22-17+. The Kier molecular flexibility index (Phi) is 4.72. The third kappa shape index (κ3) is 3.55. The highest BCUT2D eigenvalue weighted by atomic mass is 32.1. The van der Waals surface area contributed by atoms with Crippen LogP contribution >= 0.6 is 12.2 Å². The van der Waals surface area contributed by atoms with Crippen molar-refractivity contribution in [3.8, 4) is 0 Å². The Labute approximate surface area is 153 Å². The summed E-state index contributed by atoms with van der Waals surface area (Å²) in [6.07, 6.45) is 7.18. The molecule has 4 rings (SSSR count). The van der Waals surface area contributed by atoms with Crippen LogP contribution < -0.4 is 11.2 Å². The smallest absolute Gasteiger partial charge is 0.184 e. The molecule has 0 amide bonds. The average Bonchev–Trinajstić information content (AvgIpc) is 2.99. The Balaban J connectivity index is 1.64. The van der Waals surface area contributed by atoms with E-state index >= 15 is 0 Å². The molecule has 0 bridgehead atoms. The van der Waals surface area contributed by atoms with Crippen molar-refractivity contribution in [2.75, 3.05) is 13.1 Å². The molecule has 1 aromatic carbocycles. The lowest BCUT2D eigenvalue weighted by Crippen LogP contribution is -2.29. The molecular weight excluding hydrogens is 330 g/mol. The number of hydrogen-bond donors (Lipinski definition) is 3. The number of fused-ring (bicyclic) bond motifs is 3. The van der Waals surface area contributed by atoms with E-state index in [0.717, 1.165) is 37.2 Å². The van der Waals surface area contributed by atoms with Gasteiger partial charge in [-0.05, 0) is 80.7 Å². The molecule has 1 fully saturated rings. The van der Waals surface area contributed by atoms with E-state index in [1.807, 2.05) is 0 Å². The number of aromatic amines is 1. The number of aryl methyl sites for hydroxylation is 1. The first kappa shape index (κ1) is 16.5. The maximum Gasteiger partial charge on any atom is 0.184 e. The molecule has 0 spiro atoms. The van der Waals surface area contributed by atoms with Gasteiger partial charge in [-0.15, -0.1) is 0 Å². The molecule has 2 aliphatic rings. The van der Waals surface area contributed by atoms with Gasteiger partial charge in [0.05, 0.1) is 11.4 Å². The van der Waals surface area contributed by atoms with Crippen LogP contribution in [0.3, 0.4) is 0 Å². The fourth-order valence-electron chi connectivity index (χ4n) is 4.07. The monoisotopic (exact) mass is 355 g/mol. The van der Waals surface area contributed by atoms with Crippen LogP contribution in [0.25, 0.3) is 10.9 Å². The van der Waals surface area contributed by atoms with Crippen LogP contribution in [0.5, 0.6) is 0 Å². The number of thiocarbonyl (C=S) groups is 1. The molecule has 0 atom stereocenters. The van der Waals surface area contributed by atoms with E-state index in [4.69, 9.17) is 18.0 Å². The molecule has 25 heavy (non-hydrogen) atoms. The van der Waals surface area contributed by atoms with Gasteiger partial charge < -0.3 is 10.7 Å². The minimum atomic E-state index is 0.208. The normalized spacial score (nSPS) is 19.9. The number of benzene rings is 1. The van der Waals surface area contributed by atoms with Crippen molar-refractivity contribution in [1.29, 1.82) is 0 Å². The summed E-state index contributed by atoms with van der Waals surface area (Å²) in [6.45, 7) is 3.51. The summed E-state index contributed by atoms with van der Waals surface area (Å²) in [4.78, 5) is 6.12. The van der Waals surface area contributed by atoms with Crippen LogP contribution in [0.1, 0.15) is 48.9 Å². The molecule has 1 saturated heterocycles. The minimum Gasteiger partial charge on any atom is -0.375 e. The number of aromatic nitrogens is 1. The van der Waals surface area contributed by atoms with Crippen molar-refractivity contribution >= 4 is 33.9 Å². The number of nitrogens with two attached hydrogens (primary N) is 1. The largest absolute Gasteiger partial charge is 0.375 e. The van der Waals surface area contributed by atoms with Crippen molar-refractivity contribution in [3.63, 3.8) is 0 Å². The molecule has 132 valence electrons. The number of piperidine rings is 1. The number of rotatable bonds is 3. The first-order valence-corrected chi connectivity index (χ1v) is 9.60. The lowest BCUT2D eigenvalue weighted by molar-refractivity contribution is 0.221. The van der Waals surface area contributed by atoms with Crippen molar-refractivity contribution in [3.05, 3.63) is 35.0 Å². The Bertz CT molecular complexity index is 817. The van der Waals surface area contributed by atoms with Gasteiger partial charge in [-0.2, -0.15) is 5.10 Å². The third-order valence-electron chi connectivity index (χ3n) is 5.26. The number of H-pyrrole nitrogens is 1. The van der Waals surface area contributed by atoms with Crippen LogP contribution in [0.2, 0.25) is 0 Å². The maximum absolute atomic E-state index is 5.51. The van der Waals surface area contributed by atoms with Gasteiger partial charge in [0.15, 0.2) is 5.11 Å². The molecule has 1 aliphatic heterocycles. The summed E-state index contributed by atoms with van der Waals surface area (Å²) < 4.78 is 0. The van der Waals surface area contributed by atoms with E-state index in [1.165, 1.54) is 54.4 Å². The van der Waals surface area contributed by atoms with Crippen LogP contribution in [0.4, 0.5) is 0 Å².